The molecule has 2 aliphatic carbocycles. The lowest BCUT2D eigenvalue weighted by Crippen LogP contribution is -2.64. The molecule has 6 nitrogen and oxygen atoms in total. The highest BCUT2D eigenvalue weighted by molar-refractivity contribution is 6.67. The van der Waals surface area contributed by atoms with Crippen LogP contribution in [0.1, 0.15) is 12.8 Å². The quantitative estimate of drug-likeness (QED) is 0.438. The average Bonchev–Trinajstić information content (AvgIpc) is 2.68. The molecule has 0 radical (unpaired) electrons. The van der Waals surface area contributed by atoms with Gasteiger partial charge in [-0.2, -0.15) is 0 Å². The predicted octanol–water partition coefficient (Wildman–Crippen LogP) is 2.74. The van der Waals surface area contributed by atoms with E-state index in [2.05, 4.69) is 0 Å². The molecule has 2 bridgehead atoms. The Morgan fingerprint density at radius 1 is 0.760 bits per heavy atom. The van der Waals surface area contributed by atoms with Crippen LogP contribution in [0.5, 0.6) is 0 Å². The molecule has 1 saturated carbocycles. The highest BCUT2D eigenvalue weighted by atomic mass is 35.5. The summed E-state index contributed by atoms with van der Waals surface area (Å²) in [7, 11) is 0. The molecule has 2 rings (SSSR count). The van der Waals surface area contributed by atoms with Gasteiger partial charge in [0.25, 0.3) is 0 Å². The fraction of sp³-hybridized carbons (Fsp3) is 0.692. The zero-order chi connectivity index (χ0) is 19.6. The number of carboxylic acids is 2. The molecule has 0 heterocycles. The van der Waals surface area contributed by atoms with Gasteiger partial charge in [0.1, 0.15) is 20.6 Å². The molecule has 0 aromatic rings. The van der Waals surface area contributed by atoms with E-state index < -0.39 is 73.0 Å². The van der Waals surface area contributed by atoms with Crippen LogP contribution in [0, 0.1) is 10.8 Å². The molecule has 4 unspecified atom stereocenters. The van der Waals surface area contributed by atoms with Crippen LogP contribution in [-0.2, 0) is 9.59 Å². The van der Waals surface area contributed by atoms with Gasteiger partial charge < -0.3 is 20.4 Å². The molecule has 0 aromatic carbocycles. The molecule has 4 atom stereocenters. The number of aliphatic hydroxyl groups excluding tert-OH is 2. The maximum absolute atomic E-state index is 12.3. The number of hydrogen-bond acceptors (Lipinski definition) is 4. The number of carbonyl (C=O) groups is 2. The minimum Gasteiger partial charge on any atom is -0.481 e. The Morgan fingerprint density at radius 2 is 1.04 bits per heavy atom. The second-order valence-electron chi connectivity index (χ2n) is 5.89. The molecule has 142 valence electrons. The number of carboxylic acid groups (broad SMARTS) is 2. The van der Waals surface area contributed by atoms with Crippen molar-refractivity contribution in [3.63, 3.8) is 0 Å². The second kappa shape index (κ2) is 6.17. The van der Waals surface area contributed by atoms with Crippen molar-refractivity contribution in [2.45, 2.75) is 26.9 Å². The molecule has 12 heteroatoms. The number of rotatable bonds is 6. The molecular formula is C13H12Cl6O6. The van der Waals surface area contributed by atoms with E-state index in [0.29, 0.717) is 0 Å². The van der Waals surface area contributed by atoms with Crippen molar-refractivity contribution >= 4 is 81.5 Å². The van der Waals surface area contributed by atoms with Crippen LogP contribution in [0.25, 0.3) is 0 Å². The average molecular weight is 477 g/mol. The Hall–Kier alpha value is 0.340. The third-order valence-electron chi connectivity index (χ3n) is 5.27. The van der Waals surface area contributed by atoms with Crippen molar-refractivity contribution in [1.29, 1.82) is 0 Å². The minimum atomic E-state index is -2.56. The summed E-state index contributed by atoms with van der Waals surface area (Å²) in [5, 5.41) is 37.9. The summed E-state index contributed by atoms with van der Waals surface area (Å²) in [5.41, 5.74) is -5.13. The van der Waals surface area contributed by atoms with Gasteiger partial charge >= 0.3 is 11.9 Å². The van der Waals surface area contributed by atoms with Crippen LogP contribution in [-0.4, -0.2) is 59.7 Å². The topological polar surface area (TPSA) is 115 Å². The Balaban J connectivity index is 3.14. The van der Waals surface area contributed by atoms with Gasteiger partial charge in [-0.25, -0.2) is 0 Å². The van der Waals surface area contributed by atoms with E-state index in [1.165, 1.54) is 0 Å². The summed E-state index contributed by atoms with van der Waals surface area (Å²) < 4.78 is -2.47. The first-order chi connectivity index (χ1) is 11.3. The molecule has 25 heavy (non-hydrogen) atoms. The smallest absolute Gasteiger partial charge is 0.313 e. The number of aliphatic hydroxyl groups is 2. The Bertz CT molecular complexity index is 628. The van der Waals surface area contributed by atoms with Gasteiger partial charge in [0, 0.05) is 13.2 Å². The van der Waals surface area contributed by atoms with Crippen LogP contribution in [0.3, 0.4) is 0 Å². The molecule has 0 aliphatic heterocycles. The van der Waals surface area contributed by atoms with Gasteiger partial charge in [0.05, 0.1) is 10.1 Å². The zero-order valence-corrected chi connectivity index (χ0v) is 16.7. The third-order valence-corrected chi connectivity index (χ3v) is 9.62. The van der Waals surface area contributed by atoms with Gasteiger partial charge in [0.15, 0.2) is 4.33 Å². The first-order valence-electron chi connectivity index (χ1n) is 6.83. The van der Waals surface area contributed by atoms with Gasteiger partial charge in [-0.1, -0.05) is 46.4 Å². The lowest BCUT2D eigenvalue weighted by Gasteiger charge is -2.51. The summed E-state index contributed by atoms with van der Waals surface area (Å²) in [6.07, 6.45) is -1.40. The number of halogens is 6. The molecule has 0 saturated heterocycles. The van der Waals surface area contributed by atoms with Gasteiger partial charge in [-0.15, -0.1) is 23.2 Å². The van der Waals surface area contributed by atoms with E-state index in [-0.39, 0.29) is 0 Å². The van der Waals surface area contributed by atoms with Gasteiger partial charge in [0.2, 0.25) is 0 Å². The predicted molar refractivity (Wildman–Crippen MR) is 93.9 cm³/mol. The second-order valence-corrected chi connectivity index (χ2v) is 9.10. The Kier molecular flexibility index (Phi) is 5.34. The van der Waals surface area contributed by atoms with E-state index in [1.54, 1.807) is 0 Å². The van der Waals surface area contributed by atoms with Crippen molar-refractivity contribution in [3.8, 4) is 0 Å². The van der Waals surface area contributed by atoms with E-state index in [4.69, 9.17) is 69.6 Å². The van der Waals surface area contributed by atoms with Crippen molar-refractivity contribution < 1.29 is 30.0 Å². The highest BCUT2D eigenvalue weighted by Crippen LogP contribution is 2.85. The van der Waals surface area contributed by atoms with Gasteiger partial charge in [-0.05, 0) is 12.8 Å². The first kappa shape index (κ1) is 21.6. The van der Waals surface area contributed by atoms with Crippen molar-refractivity contribution in [2.24, 2.45) is 10.8 Å². The van der Waals surface area contributed by atoms with Gasteiger partial charge in [-0.3, -0.25) is 9.59 Å². The summed E-state index contributed by atoms with van der Waals surface area (Å²) in [6.45, 7) is -1.58. The van der Waals surface area contributed by atoms with E-state index in [1.807, 2.05) is 0 Å². The van der Waals surface area contributed by atoms with Crippen molar-refractivity contribution in [2.75, 3.05) is 13.2 Å². The summed E-state index contributed by atoms with van der Waals surface area (Å²) in [4.78, 5) is 19.8. The normalized spacial score (nSPS) is 42.1. The third kappa shape index (κ3) is 1.84. The summed E-state index contributed by atoms with van der Waals surface area (Å²) in [5.74, 6) is -3.49. The van der Waals surface area contributed by atoms with Crippen LogP contribution >= 0.6 is 69.6 Å². The van der Waals surface area contributed by atoms with Crippen LogP contribution in [0.2, 0.25) is 0 Å². The summed E-state index contributed by atoms with van der Waals surface area (Å²) in [6, 6.07) is 0. The number of aliphatic carboxylic acids is 2. The molecule has 0 aromatic heterocycles. The maximum atomic E-state index is 12.3. The minimum absolute atomic E-state index is 0.513. The number of fused-ring (bicyclic) bond motifs is 2. The standard InChI is InChI=1S/C13H12Cl6O6/c14-5-6(15)12(17)10(2-4-21,8(24)25)9(1-3-20,7(22)23)11(5,16)13(12,18)19/h20-21H,1-4H2,(H,22,23)(H,24,25). The largest absolute Gasteiger partial charge is 0.481 e. The van der Waals surface area contributed by atoms with Crippen LogP contribution in [0.15, 0.2) is 10.1 Å². The molecule has 2 aliphatic rings. The molecular weight excluding hydrogens is 465 g/mol. The molecule has 1 fully saturated rings. The molecule has 0 amide bonds. The Morgan fingerprint density at radius 3 is 1.24 bits per heavy atom. The fourth-order valence-corrected chi connectivity index (χ4v) is 7.69. The maximum Gasteiger partial charge on any atom is 0.313 e. The van der Waals surface area contributed by atoms with Crippen molar-refractivity contribution in [1.82, 2.24) is 0 Å². The first-order valence-corrected chi connectivity index (χ1v) is 9.10. The van der Waals surface area contributed by atoms with Crippen molar-refractivity contribution in [3.05, 3.63) is 10.1 Å². The van der Waals surface area contributed by atoms with Crippen LogP contribution in [0.4, 0.5) is 0 Å². The lowest BCUT2D eigenvalue weighted by molar-refractivity contribution is -0.178. The monoisotopic (exact) mass is 474 g/mol. The molecule has 4 N–H and O–H groups in total. The molecule has 0 spiro atoms. The number of hydrogen-bond donors (Lipinski definition) is 4. The summed E-state index contributed by atoms with van der Waals surface area (Å²) >= 11 is 38.0. The number of alkyl halides is 4. The Labute approximate surface area is 172 Å². The van der Waals surface area contributed by atoms with E-state index in [0.717, 1.165) is 0 Å². The number of allylic oxidation sites excluding steroid dienone is 2. The zero-order valence-electron chi connectivity index (χ0n) is 12.2. The SMILES string of the molecule is O=C(O)C1(CCO)C2(Cl)C(Cl)=C(Cl)C(Cl)(C2(Cl)Cl)C1(CCO)C(=O)O. The fourth-order valence-electron chi connectivity index (χ4n) is 4.29. The van der Waals surface area contributed by atoms with E-state index >= 15 is 0 Å². The lowest BCUT2D eigenvalue weighted by atomic mass is 9.54. The van der Waals surface area contributed by atoms with E-state index in [9.17, 15) is 30.0 Å². The highest BCUT2D eigenvalue weighted by Gasteiger charge is 2.96. The van der Waals surface area contributed by atoms with Crippen LogP contribution < -0.4 is 0 Å².